The van der Waals surface area contributed by atoms with Crippen LogP contribution in [0.4, 0.5) is 0 Å². The number of rotatable bonds is 5. The predicted octanol–water partition coefficient (Wildman–Crippen LogP) is 3.61. The zero-order valence-corrected chi connectivity index (χ0v) is 17.9. The molecule has 0 radical (unpaired) electrons. The maximum absolute atomic E-state index is 12.9. The standard InChI is InChI=1S/C22H31N3O3S/c26-22(24-12-4-1-2-5-13-24)11-17-23-16-10-19-18-20(8-9-21(19)23)29(27,28)25-14-6-3-7-15-25/h8-10,16,18H,1-7,11-15,17H2. The fraction of sp³-hybridized carbons (Fsp3) is 0.591. The quantitative estimate of drug-likeness (QED) is 0.747. The molecule has 0 aliphatic carbocycles. The third-order valence-electron chi connectivity index (χ3n) is 6.22. The molecule has 0 saturated carbocycles. The highest BCUT2D eigenvalue weighted by Crippen LogP contribution is 2.25. The average molecular weight is 418 g/mol. The summed E-state index contributed by atoms with van der Waals surface area (Å²) in [5.74, 6) is 0.220. The summed E-state index contributed by atoms with van der Waals surface area (Å²) in [6.07, 6.45) is 10.0. The lowest BCUT2D eigenvalue weighted by atomic mass is 10.2. The molecule has 2 saturated heterocycles. The highest BCUT2D eigenvalue weighted by molar-refractivity contribution is 7.89. The van der Waals surface area contributed by atoms with Crippen molar-refractivity contribution in [3.05, 3.63) is 30.5 Å². The molecular weight excluding hydrogens is 386 g/mol. The van der Waals surface area contributed by atoms with Crippen molar-refractivity contribution in [3.63, 3.8) is 0 Å². The molecule has 2 aromatic rings. The molecule has 1 aromatic heterocycles. The summed E-state index contributed by atoms with van der Waals surface area (Å²) < 4.78 is 29.5. The summed E-state index contributed by atoms with van der Waals surface area (Å²) in [4.78, 5) is 14.9. The predicted molar refractivity (Wildman–Crippen MR) is 114 cm³/mol. The smallest absolute Gasteiger partial charge is 0.243 e. The first-order valence-corrected chi connectivity index (χ1v) is 12.4. The summed E-state index contributed by atoms with van der Waals surface area (Å²) in [6.45, 7) is 3.60. The minimum Gasteiger partial charge on any atom is -0.347 e. The van der Waals surface area contributed by atoms with Crippen molar-refractivity contribution in [3.8, 4) is 0 Å². The summed E-state index contributed by atoms with van der Waals surface area (Å²) in [6, 6.07) is 7.30. The van der Waals surface area contributed by atoms with Gasteiger partial charge in [-0.25, -0.2) is 8.42 Å². The average Bonchev–Trinajstić information content (AvgIpc) is 2.95. The van der Waals surface area contributed by atoms with Crippen LogP contribution in [0.25, 0.3) is 10.9 Å². The lowest BCUT2D eigenvalue weighted by Gasteiger charge is -2.25. The van der Waals surface area contributed by atoms with Crippen LogP contribution >= 0.6 is 0 Å². The molecule has 3 heterocycles. The first-order valence-electron chi connectivity index (χ1n) is 10.9. The van der Waals surface area contributed by atoms with Crippen molar-refractivity contribution < 1.29 is 13.2 Å². The monoisotopic (exact) mass is 417 g/mol. The Morgan fingerprint density at radius 1 is 0.862 bits per heavy atom. The van der Waals surface area contributed by atoms with E-state index in [4.69, 9.17) is 0 Å². The van der Waals surface area contributed by atoms with Crippen molar-refractivity contribution >= 4 is 26.8 Å². The Balaban J connectivity index is 1.46. The molecular formula is C22H31N3O3S. The van der Waals surface area contributed by atoms with Gasteiger partial charge in [-0.1, -0.05) is 19.3 Å². The SMILES string of the molecule is O=C(CCn1ccc2cc(S(=O)(=O)N3CCCCC3)ccc21)N1CCCCCC1. The van der Waals surface area contributed by atoms with E-state index in [1.807, 2.05) is 23.2 Å². The van der Waals surface area contributed by atoms with Crippen LogP contribution in [0.5, 0.6) is 0 Å². The largest absolute Gasteiger partial charge is 0.347 e. The summed E-state index contributed by atoms with van der Waals surface area (Å²) in [5, 5.41) is 0.908. The van der Waals surface area contributed by atoms with E-state index in [9.17, 15) is 13.2 Å². The van der Waals surface area contributed by atoms with Crippen LogP contribution < -0.4 is 0 Å². The van der Waals surface area contributed by atoms with Gasteiger partial charge < -0.3 is 9.47 Å². The minimum atomic E-state index is -3.42. The van der Waals surface area contributed by atoms with Gasteiger partial charge in [0.15, 0.2) is 0 Å². The highest BCUT2D eigenvalue weighted by atomic mass is 32.2. The van der Waals surface area contributed by atoms with Gasteiger partial charge in [0.05, 0.1) is 4.90 Å². The number of hydrogen-bond donors (Lipinski definition) is 0. The number of hydrogen-bond acceptors (Lipinski definition) is 3. The van der Waals surface area contributed by atoms with E-state index in [0.29, 0.717) is 31.0 Å². The minimum absolute atomic E-state index is 0.220. The molecule has 2 aliphatic rings. The first-order chi connectivity index (χ1) is 14.1. The van der Waals surface area contributed by atoms with Crippen molar-refractivity contribution in [1.29, 1.82) is 0 Å². The van der Waals surface area contributed by atoms with E-state index in [1.54, 1.807) is 16.4 Å². The number of amides is 1. The zero-order valence-electron chi connectivity index (χ0n) is 17.1. The number of aromatic nitrogens is 1. The Morgan fingerprint density at radius 3 is 2.24 bits per heavy atom. The van der Waals surface area contributed by atoms with E-state index in [-0.39, 0.29) is 5.91 Å². The van der Waals surface area contributed by atoms with Gasteiger partial charge in [-0.3, -0.25) is 4.79 Å². The molecule has 0 N–H and O–H groups in total. The summed E-state index contributed by atoms with van der Waals surface area (Å²) in [5.41, 5.74) is 0.978. The number of aryl methyl sites for hydroxylation is 1. The molecule has 4 rings (SSSR count). The number of carbonyl (C=O) groups is 1. The lowest BCUT2D eigenvalue weighted by Crippen LogP contribution is -2.35. The topological polar surface area (TPSA) is 62.6 Å². The van der Waals surface area contributed by atoms with Crippen LogP contribution in [0.2, 0.25) is 0 Å². The number of fused-ring (bicyclic) bond motifs is 1. The van der Waals surface area contributed by atoms with Crippen molar-refractivity contribution in [1.82, 2.24) is 13.8 Å². The van der Waals surface area contributed by atoms with E-state index in [1.165, 1.54) is 12.8 Å². The number of carbonyl (C=O) groups excluding carboxylic acids is 1. The fourth-order valence-electron chi connectivity index (χ4n) is 4.48. The molecule has 7 heteroatoms. The maximum Gasteiger partial charge on any atom is 0.243 e. The molecule has 6 nitrogen and oxygen atoms in total. The number of sulfonamides is 1. The van der Waals surface area contributed by atoms with Crippen LogP contribution in [0.1, 0.15) is 51.4 Å². The van der Waals surface area contributed by atoms with E-state index >= 15 is 0 Å². The second-order valence-corrected chi connectivity index (χ2v) is 10.2. The number of likely N-dealkylation sites (tertiary alicyclic amines) is 1. The third kappa shape index (κ3) is 4.51. The highest BCUT2D eigenvalue weighted by Gasteiger charge is 2.26. The molecule has 2 fully saturated rings. The molecule has 1 aromatic carbocycles. The Labute approximate surface area is 173 Å². The Hall–Kier alpha value is -1.86. The van der Waals surface area contributed by atoms with Crippen LogP contribution in [0.3, 0.4) is 0 Å². The second kappa shape index (κ2) is 8.88. The Bertz CT molecular complexity index is 953. The van der Waals surface area contributed by atoms with Gasteiger partial charge in [-0.15, -0.1) is 0 Å². The molecule has 0 bridgehead atoms. The first kappa shape index (κ1) is 20.4. The zero-order chi connectivity index (χ0) is 20.3. The van der Waals surface area contributed by atoms with Gasteiger partial charge in [0.1, 0.15) is 0 Å². The number of benzene rings is 1. The van der Waals surface area contributed by atoms with Crippen molar-refractivity contribution in [2.45, 2.75) is 62.8 Å². The van der Waals surface area contributed by atoms with E-state index in [0.717, 1.165) is 56.1 Å². The van der Waals surface area contributed by atoms with Crippen molar-refractivity contribution in [2.75, 3.05) is 26.2 Å². The number of nitrogens with zero attached hydrogens (tertiary/aromatic N) is 3. The molecule has 158 valence electrons. The molecule has 0 unspecified atom stereocenters. The van der Waals surface area contributed by atoms with Crippen molar-refractivity contribution in [2.24, 2.45) is 0 Å². The molecule has 0 spiro atoms. The fourth-order valence-corrected chi connectivity index (χ4v) is 6.04. The molecule has 0 atom stereocenters. The third-order valence-corrected chi connectivity index (χ3v) is 8.12. The number of piperidine rings is 1. The maximum atomic E-state index is 12.9. The van der Waals surface area contributed by atoms with Crippen LogP contribution in [-0.2, 0) is 21.4 Å². The molecule has 2 aliphatic heterocycles. The van der Waals surface area contributed by atoms with Gasteiger partial charge in [-0.2, -0.15) is 4.31 Å². The van der Waals surface area contributed by atoms with Crippen LogP contribution in [-0.4, -0.2) is 54.3 Å². The van der Waals surface area contributed by atoms with Gasteiger partial charge in [0.25, 0.3) is 0 Å². The Kier molecular flexibility index (Phi) is 6.25. The summed E-state index contributed by atoms with van der Waals surface area (Å²) in [7, 11) is -3.42. The van der Waals surface area contributed by atoms with Gasteiger partial charge in [0, 0.05) is 56.2 Å². The van der Waals surface area contributed by atoms with Gasteiger partial charge in [0.2, 0.25) is 15.9 Å². The lowest BCUT2D eigenvalue weighted by molar-refractivity contribution is -0.131. The van der Waals surface area contributed by atoms with Gasteiger partial charge >= 0.3 is 0 Å². The van der Waals surface area contributed by atoms with E-state index < -0.39 is 10.0 Å². The van der Waals surface area contributed by atoms with Crippen LogP contribution in [0.15, 0.2) is 35.4 Å². The summed E-state index contributed by atoms with van der Waals surface area (Å²) >= 11 is 0. The van der Waals surface area contributed by atoms with E-state index in [2.05, 4.69) is 4.57 Å². The second-order valence-electron chi connectivity index (χ2n) is 8.24. The molecule has 1 amide bonds. The van der Waals surface area contributed by atoms with Crippen LogP contribution in [0, 0.1) is 0 Å². The van der Waals surface area contributed by atoms with Gasteiger partial charge in [-0.05, 0) is 49.9 Å². The normalized spacial score (nSPS) is 19.4. The molecule has 29 heavy (non-hydrogen) atoms. The Morgan fingerprint density at radius 2 is 1.52 bits per heavy atom.